The van der Waals surface area contributed by atoms with Gasteiger partial charge in [-0.1, -0.05) is 18.5 Å². The number of hydrogen-bond acceptors (Lipinski definition) is 4. The van der Waals surface area contributed by atoms with Crippen molar-refractivity contribution in [3.63, 3.8) is 0 Å². The first-order chi connectivity index (χ1) is 15.2. The third-order valence-electron chi connectivity index (χ3n) is 7.25. The van der Waals surface area contributed by atoms with Crippen LogP contribution in [0, 0.1) is 24.7 Å². The number of carbonyl (C=O) groups excluding carboxylic acids is 2. The van der Waals surface area contributed by atoms with Crippen LogP contribution in [0.25, 0.3) is 0 Å². The minimum Gasteiger partial charge on any atom is -0.371 e. The van der Waals surface area contributed by atoms with Gasteiger partial charge < -0.3 is 20.4 Å². The number of benzene rings is 1. The van der Waals surface area contributed by atoms with Crippen LogP contribution in [0.15, 0.2) is 12.1 Å². The Labute approximate surface area is 198 Å². The highest BCUT2D eigenvalue weighted by Crippen LogP contribution is 2.30. The lowest BCUT2D eigenvalue weighted by Crippen LogP contribution is -2.50. The molecule has 2 fully saturated rings. The van der Waals surface area contributed by atoms with Crippen LogP contribution in [-0.2, 0) is 4.79 Å². The summed E-state index contributed by atoms with van der Waals surface area (Å²) in [5, 5.41) is 6.56. The van der Waals surface area contributed by atoms with E-state index in [4.69, 9.17) is 11.6 Å². The summed E-state index contributed by atoms with van der Waals surface area (Å²) in [6, 6.07) is 3.90. The summed E-state index contributed by atoms with van der Waals surface area (Å²) in [5.41, 5.74) is 2.56. The number of anilines is 1. The Morgan fingerprint density at radius 1 is 1.28 bits per heavy atom. The number of carbonyl (C=O) groups is 2. The van der Waals surface area contributed by atoms with Crippen molar-refractivity contribution in [3.05, 3.63) is 28.3 Å². The SMILES string of the molecule is CCN(CC1CCN(C)CC1)c1cc(Cl)cc(C(=O)NCC2C(=O)NC(C)CC2C)c1C. The van der Waals surface area contributed by atoms with E-state index in [0.29, 0.717) is 23.0 Å². The summed E-state index contributed by atoms with van der Waals surface area (Å²) >= 11 is 6.46. The minimum atomic E-state index is -0.203. The average molecular weight is 463 g/mol. The Bertz CT molecular complexity index is 822. The van der Waals surface area contributed by atoms with Crippen molar-refractivity contribution in [2.75, 3.05) is 44.7 Å². The van der Waals surface area contributed by atoms with Crippen LogP contribution in [0.3, 0.4) is 0 Å². The van der Waals surface area contributed by atoms with Crippen molar-refractivity contribution in [1.82, 2.24) is 15.5 Å². The van der Waals surface area contributed by atoms with Crippen LogP contribution < -0.4 is 15.5 Å². The van der Waals surface area contributed by atoms with Gasteiger partial charge in [-0.05, 0) is 89.7 Å². The maximum Gasteiger partial charge on any atom is 0.251 e. The fourth-order valence-electron chi connectivity index (χ4n) is 5.16. The number of amides is 2. The number of piperidine rings is 2. The Balaban J connectivity index is 1.71. The van der Waals surface area contributed by atoms with Gasteiger partial charge in [-0.25, -0.2) is 0 Å². The number of halogens is 1. The van der Waals surface area contributed by atoms with Gasteiger partial charge in [-0.2, -0.15) is 0 Å². The lowest BCUT2D eigenvalue weighted by Gasteiger charge is -2.35. The van der Waals surface area contributed by atoms with Crippen molar-refractivity contribution < 1.29 is 9.59 Å². The van der Waals surface area contributed by atoms with Gasteiger partial charge in [0.2, 0.25) is 5.91 Å². The highest BCUT2D eigenvalue weighted by atomic mass is 35.5. The summed E-state index contributed by atoms with van der Waals surface area (Å²) in [6.45, 7) is 12.7. The van der Waals surface area contributed by atoms with Gasteiger partial charge in [0, 0.05) is 41.9 Å². The van der Waals surface area contributed by atoms with Crippen molar-refractivity contribution in [1.29, 1.82) is 0 Å². The second kappa shape index (κ2) is 10.9. The molecule has 0 aromatic heterocycles. The number of rotatable bonds is 7. The second-order valence-electron chi connectivity index (χ2n) is 9.82. The first-order valence-corrected chi connectivity index (χ1v) is 12.4. The highest BCUT2D eigenvalue weighted by Gasteiger charge is 2.32. The summed E-state index contributed by atoms with van der Waals surface area (Å²) in [6.07, 6.45) is 3.31. The Hall–Kier alpha value is -1.79. The summed E-state index contributed by atoms with van der Waals surface area (Å²) in [7, 11) is 2.18. The van der Waals surface area contributed by atoms with Gasteiger partial charge >= 0.3 is 0 Å². The average Bonchev–Trinajstić information content (AvgIpc) is 2.74. The smallest absolute Gasteiger partial charge is 0.251 e. The molecule has 178 valence electrons. The van der Waals surface area contributed by atoms with E-state index in [1.807, 2.05) is 19.9 Å². The number of hydrogen-bond donors (Lipinski definition) is 2. The first-order valence-electron chi connectivity index (χ1n) is 12.0. The van der Waals surface area contributed by atoms with E-state index in [0.717, 1.165) is 43.9 Å². The molecule has 3 atom stereocenters. The van der Waals surface area contributed by atoms with E-state index in [9.17, 15) is 9.59 Å². The maximum atomic E-state index is 13.1. The zero-order valence-electron chi connectivity index (χ0n) is 20.2. The molecular formula is C25H39ClN4O2. The monoisotopic (exact) mass is 462 g/mol. The van der Waals surface area contributed by atoms with Crippen LogP contribution in [-0.4, -0.2) is 62.5 Å². The van der Waals surface area contributed by atoms with Crippen molar-refractivity contribution in [3.8, 4) is 0 Å². The number of nitrogens with one attached hydrogen (secondary N) is 2. The van der Waals surface area contributed by atoms with Crippen LogP contribution in [0.1, 0.15) is 56.0 Å². The van der Waals surface area contributed by atoms with Crippen molar-refractivity contribution in [2.45, 2.75) is 53.0 Å². The standard InChI is InChI=1S/C25H39ClN4O2/c1-6-30(15-19-7-9-29(5)10-8-19)23-13-20(26)12-21(18(23)4)24(31)27-14-22-16(2)11-17(3)28-25(22)32/h12-13,16-17,19,22H,6-11,14-15H2,1-5H3,(H,27,31)(H,28,32). The normalized spacial score (nSPS) is 24.8. The van der Waals surface area contributed by atoms with Gasteiger partial charge in [0.1, 0.15) is 0 Å². The molecule has 2 aliphatic heterocycles. The minimum absolute atomic E-state index is 0.0235. The van der Waals surface area contributed by atoms with Gasteiger partial charge in [-0.15, -0.1) is 0 Å². The van der Waals surface area contributed by atoms with E-state index in [-0.39, 0.29) is 29.7 Å². The molecule has 2 amide bonds. The molecule has 3 rings (SSSR count). The van der Waals surface area contributed by atoms with Crippen LogP contribution >= 0.6 is 11.6 Å². The summed E-state index contributed by atoms with van der Waals surface area (Å²) in [4.78, 5) is 30.2. The van der Waals surface area contributed by atoms with E-state index in [1.54, 1.807) is 6.07 Å². The van der Waals surface area contributed by atoms with Crippen LogP contribution in [0.5, 0.6) is 0 Å². The molecule has 0 spiro atoms. The van der Waals surface area contributed by atoms with E-state index in [2.05, 4.69) is 41.3 Å². The molecule has 2 saturated heterocycles. The number of likely N-dealkylation sites (tertiary alicyclic amines) is 1. The Morgan fingerprint density at radius 2 is 1.97 bits per heavy atom. The van der Waals surface area contributed by atoms with Gasteiger partial charge in [-0.3, -0.25) is 9.59 Å². The lowest BCUT2D eigenvalue weighted by atomic mass is 9.84. The van der Waals surface area contributed by atoms with E-state index in [1.165, 1.54) is 12.8 Å². The second-order valence-corrected chi connectivity index (χ2v) is 10.3. The van der Waals surface area contributed by atoms with Crippen molar-refractivity contribution in [2.24, 2.45) is 17.8 Å². The largest absolute Gasteiger partial charge is 0.371 e. The lowest BCUT2D eigenvalue weighted by molar-refractivity contribution is -0.129. The molecule has 0 bridgehead atoms. The molecule has 3 unspecified atom stereocenters. The fourth-order valence-corrected chi connectivity index (χ4v) is 5.38. The van der Waals surface area contributed by atoms with E-state index >= 15 is 0 Å². The number of nitrogens with zero attached hydrogens (tertiary/aromatic N) is 2. The molecule has 7 heteroatoms. The van der Waals surface area contributed by atoms with Gasteiger partial charge in [0.25, 0.3) is 5.91 Å². The quantitative estimate of drug-likeness (QED) is 0.648. The molecule has 0 aliphatic carbocycles. The van der Waals surface area contributed by atoms with Gasteiger partial charge in [0.05, 0.1) is 5.92 Å². The molecule has 2 N–H and O–H groups in total. The molecular weight excluding hydrogens is 424 g/mol. The molecule has 6 nitrogen and oxygen atoms in total. The summed E-state index contributed by atoms with van der Waals surface area (Å²) in [5.74, 6) is 0.539. The predicted octanol–water partition coefficient (Wildman–Crippen LogP) is 3.71. The maximum absolute atomic E-state index is 13.1. The zero-order chi connectivity index (χ0) is 23.4. The highest BCUT2D eigenvalue weighted by molar-refractivity contribution is 6.31. The molecule has 1 aromatic rings. The Morgan fingerprint density at radius 3 is 2.59 bits per heavy atom. The summed E-state index contributed by atoms with van der Waals surface area (Å²) < 4.78 is 0. The molecule has 0 radical (unpaired) electrons. The molecule has 32 heavy (non-hydrogen) atoms. The van der Waals surface area contributed by atoms with Gasteiger partial charge in [0.15, 0.2) is 0 Å². The Kier molecular flexibility index (Phi) is 8.45. The predicted molar refractivity (Wildman–Crippen MR) is 132 cm³/mol. The molecule has 2 aliphatic rings. The van der Waals surface area contributed by atoms with Crippen molar-refractivity contribution >= 4 is 29.1 Å². The third kappa shape index (κ3) is 5.96. The first kappa shape index (κ1) is 24.8. The fraction of sp³-hybridized carbons (Fsp3) is 0.680. The molecule has 2 heterocycles. The third-order valence-corrected chi connectivity index (χ3v) is 7.47. The van der Waals surface area contributed by atoms with E-state index < -0.39 is 0 Å². The van der Waals surface area contributed by atoms with Crippen LogP contribution in [0.2, 0.25) is 5.02 Å². The molecule has 1 aromatic carbocycles. The zero-order valence-corrected chi connectivity index (χ0v) is 21.0. The van der Waals surface area contributed by atoms with Crippen LogP contribution in [0.4, 0.5) is 5.69 Å². The topological polar surface area (TPSA) is 64.7 Å². The molecule has 0 saturated carbocycles.